The number of hydrogen-bond donors (Lipinski definition) is 0. The van der Waals surface area contributed by atoms with Gasteiger partial charge < -0.3 is 9.64 Å². The Morgan fingerprint density at radius 2 is 1.88 bits per heavy atom. The van der Waals surface area contributed by atoms with Crippen LogP contribution in [0, 0.1) is 10.1 Å². The lowest BCUT2D eigenvalue weighted by molar-refractivity contribution is -0.388. The van der Waals surface area contributed by atoms with Crippen LogP contribution >= 0.6 is 23.4 Å². The van der Waals surface area contributed by atoms with Crippen molar-refractivity contribution in [2.24, 2.45) is 0 Å². The largest absolute Gasteiger partial charge is 0.465 e. The topological polar surface area (TPSA) is 110 Å². The van der Waals surface area contributed by atoms with E-state index >= 15 is 0 Å². The maximum Gasteiger partial charge on any atom is 0.316 e. The van der Waals surface area contributed by atoms with E-state index in [-0.39, 0.29) is 40.9 Å². The average Bonchev–Trinajstić information content (AvgIpc) is 2.78. The van der Waals surface area contributed by atoms with Gasteiger partial charge in [0.2, 0.25) is 10.0 Å². The lowest BCUT2D eigenvalue weighted by Crippen LogP contribution is -2.48. The molecule has 0 aliphatic carbocycles. The highest BCUT2D eigenvalue weighted by Gasteiger charge is 2.31. The minimum atomic E-state index is -3.92. The van der Waals surface area contributed by atoms with Crippen molar-refractivity contribution in [3.63, 3.8) is 0 Å². The van der Waals surface area contributed by atoms with E-state index in [9.17, 15) is 23.3 Å². The van der Waals surface area contributed by atoms with Crippen molar-refractivity contribution in [1.82, 2.24) is 4.31 Å². The van der Waals surface area contributed by atoms with Crippen LogP contribution in [0.3, 0.4) is 0 Å². The fourth-order valence-corrected chi connectivity index (χ4v) is 5.79. The van der Waals surface area contributed by atoms with Gasteiger partial charge in [-0.3, -0.25) is 14.9 Å². The quantitative estimate of drug-likeness (QED) is 0.235. The average molecular weight is 500 g/mol. The molecule has 1 fully saturated rings. The summed E-state index contributed by atoms with van der Waals surface area (Å²) < 4.78 is 32.4. The van der Waals surface area contributed by atoms with Crippen molar-refractivity contribution < 1.29 is 22.9 Å². The summed E-state index contributed by atoms with van der Waals surface area (Å²) in [5, 5.41) is 12.1. The van der Waals surface area contributed by atoms with E-state index in [1.807, 2.05) is 23.1 Å². The number of carbonyl (C=O) groups excluding carboxylic acids is 1. The molecular weight excluding hydrogens is 478 g/mol. The zero-order valence-electron chi connectivity index (χ0n) is 17.3. The molecule has 32 heavy (non-hydrogen) atoms. The predicted molar refractivity (Wildman–Crippen MR) is 123 cm³/mol. The Labute approximate surface area is 195 Å². The van der Waals surface area contributed by atoms with Crippen LogP contribution in [0.2, 0.25) is 5.02 Å². The lowest BCUT2D eigenvalue weighted by Gasteiger charge is -2.35. The van der Waals surface area contributed by atoms with Gasteiger partial charge in [-0.05, 0) is 31.2 Å². The van der Waals surface area contributed by atoms with Gasteiger partial charge in [0.15, 0.2) is 0 Å². The van der Waals surface area contributed by atoms with E-state index in [0.29, 0.717) is 18.1 Å². The molecule has 0 spiro atoms. The van der Waals surface area contributed by atoms with Crippen molar-refractivity contribution in [3.05, 3.63) is 57.6 Å². The zero-order chi connectivity index (χ0) is 23.3. The van der Waals surface area contributed by atoms with E-state index < -0.39 is 20.9 Å². The Morgan fingerprint density at radius 3 is 2.50 bits per heavy atom. The van der Waals surface area contributed by atoms with Crippen molar-refractivity contribution in [2.45, 2.75) is 16.7 Å². The number of halogens is 1. The molecule has 0 amide bonds. The Balaban J connectivity index is 1.75. The number of thioether (sulfide) groups is 1. The molecule has 172 valence electrons. The van der Waals surface area contributed by atoms with Crippen molar-refractivity contribution >= 4 is 50.7 Å². The molecule has 1 aliphatic heterocycles. The van der Waals surface area contributed by atoms with Crippen LogP contribution in [0.15, 0.2) is 52.3 Å². The second kappa shape index (κ2) is 10.5. The van der Waals surface area contributed by atoms with Crippen LogP contribution in [0.1, 0.15) is 6.92 Å². The molecule has 0 radical (unpaired) electrons. The van der Waals surface area contributed by atoms with Crippen LogP contribution < -0.4 is 4.90 Å². The van der Waals surface area contributed by atoms with E-state index in [2.05, 4.69) is 0 Å². The number of nitrogens with zero attached hydrogens (tertiary/aromatic N) is 3. The number of ether oxygens (including phenoxy) is 1. The Hall–Kier alpha value is -2.34. The second-order valence-corrected chi connectivity index (χ2v) is 10.2. The van der Waals surface area contributed by atoms with Gasteiger partial charge >= 0.3 is 5.97 Å². The summed E-state index contributed by atoms with van der Waals surface area (Å²) >= 11 is 7.17. The van der Waals surface area contributed by atoms with Gasteiger partial charge in [-0.25, -0.2) is 8.42 Å². The van der Waals surface area contributed by atoms with Crippen molar-refractivity contribution in [3.8, 4) is 0 Å². The third-order valence-electron chi connectivity index (χ3n) is 4.85. The Morgan fingerprint density at radius 1 is 1.19 bits per heavy atom. The highest BCUT2D eigenvalue weighted by molar-refractivity contribution is 8.00. The van der Waals surface area contributed by atoms with Crippen LogP contribution in [-0.4, -0.2) is 62.2 Å². The first-order valence-electron chi connectivity index (χ1n) is 9.80. The third-order valence-corrected chi connectivity index (χ3v) is 8.10. The molecular formula is C20H22ClN3O6S2. The van der Waals surface area contributed by atoms with Gasteiger partial charge in [0.25, 0.3) is 5.69 Å². The first kappa shape index (κ1) is 24.3. The van der Waals surface area contributed by atoms with E-state index in [0.717, 1.165) is 23.5 Å². The lowest BCUT2D eigenvalue weighted by atomic mass is 10.2. The van der Waals surface area contributed by atoms with Gasteiger partial charge in [0.1, 0.15) is 0 Å². The number of anilines is 1. The van der Waals surface area contributed by atoms with Crippen LogP contribution in [-0.2, 0) is 19.6 Å². The molecule has 0 unspecified atom stereocenters. The zero-order valence-corrected chi connectivity index (χ0v) is 19.7. The van der Waals surface area contributed by atoms with E-state index in [1.165, 1.54) is 16.4 Å². The standard InChI is InChI=1S/C20H22ClN3O6S2/c1-2-30-20(25)14-31-19-8-7-15(13-18(19)24(26)27)32(28,29)23-11-9-22(10-12-23)17-6-4-3-5-16(17)21/h3-8,13H,2,9-12,14H2,1H3. The van der Waals surface area contributed by atoms with Crippen molar-refractivity contribution in [1.29, 1.82) is 0 Å². The number of hydrogen-bond acceptors (Lipinski definition) is 8. The molecule has 9 nitrogen and oxygen atoms in total. The number of carbonyl (C=O) groups is 1. The monoisotopic (exact) mass is 499 g/mol. The summed E-state index contributed by atoms with van der Waals surface area (Å²) in [5.74, 6) is -0.606. The van der Waals surface area contributed by atoms with E-state index in [4.69, 9.17) is 16.3 Å². The SMILES string of the molecule is CCOC(=O)CSc1ccc(S(=O)(=O)N2CCN(c3ccccc3Cl)CC2)cc1[N+](=O)[O-]. The molecule has 3 rings (SSSR count). The predicted octanol–water partition coefficient (Wildman–Crippen LogP) is 3.41. The third kappa shape index (κ3) is 5.52. The molecule has 0 saturated carbocycles. The number of benzene rings is 2. The first-order chi connectivity index (χ1) is 15.2. The number of esters is 1. The number of para-hydroxylation sites is 1. The Bertz CT molecular complexity index is 1100. The second-order valence-electron chi connectivity index (χ2n) is 6.82. The normalized spacial score (nSPS) is 14.9. The first-order valence-corrected chi connectivity index (χ1v) is 12.6. The molecule has 1 heterocycles. The van der Waals surface area contributed by atoms with Crippen LogP contribution in [0.4, 0.5) is 11.4 Å². The molecule has 0 aromatic heterocycles. The minimum absolute atomic E-state index is 0.106. The number of nitro benzene ring substituents is 1. The fraction of sp³-hybridized carbons (Fsp3) is 0.350. The number of nitro groups is 1. The minimum Gasteiger partial charge on any atom is -0.465 e. The summed E-state index contributed by atoms with van der Waals surface area (Å²) in [4.78, 5) is 24.5. The van der Waals surface area contributed by atoms with Crippen molar-refractivity contribution in [2.75, 3.05) is 43.4 Å². The molecule has 0 atom stereocenters. The maximum atomic E-state index is 13.1. The molecule has 2 aromatic carbocycles. The Kier molecular flexibility index (Phi) is 7.99. The summed E-state index contributed by atoms with van der Waals surface area (Å²) in [6.45, 7) is 3.21. The van der Waals surface area contributed by atoms with Gasteiger partial charge in [-0.1, -0.05) is 23.7 Å². The number of sulfonamides is 1. The molecule has 2 aromatic rings. The molecule has 1 aliphatic rings. The highest BCUT2D eigenvalue weighted by Crippen LogP contribution is 2.33. The number of piperazine rings is 1. The van der Waals surface area contributed by atoms with Gasteiger partial charge in [0, 0.05) is 32.2 Å². The molecule has 0 N–H and O–H groups in total. The highest BCUT2D eigenvalue weighted by atomic mass is 35.5. The van der Waals surface area contributed by atoms with E-state index in [1.54, 1.807) is 13.0 Å². The van der Waals surface area contributed by atoms with Crippen LogP contribution in [0.5, 0.6) is 0 Å². The van der Waals surface area contributed by atoms with Gasteiger partial charge in [0.05, 0.1) is 37.8 Å². The van der Waals surface area contributed by atoms with Gasteiger partial charge in [-0.2, -0.15) is 4.31 Å². The summed E-state index contributed by atoms with van der Waals surface area (Å²) in [6, 6.07) is 11.1. The van der Waals surface area contributed by atoms with Gasteiger partial charge in [-0.15, -0.1) is 11.8 Å². The summed E-state index contributed by atoms with van der Waals surface area (Å²) in [5.41, 5.74) is 0.472. The maximum absolute atomic E-state index is 13.1. The number of rotatable bonds is 8. The smallest absolute Gasteiger partial charge is 0.316 e. The molecule has 12 heteroatoms. The summed E-state index contributed by atoms with van der Waals surface area (Å²) in [6.07, 6.45) is 0. The fourth-order valence-electron chi connectivity index (χ4n) is 3.29. The van der Waals surface area contributed by atoms with Crippen LogP contribution in [0.25, 0.3) is 0 Å². The molecule has 1 saturated heterocycles. The molecule has 0 bridgehead atoms. The summed E-state index contributed by atoms with van der Waals surface area (Å²) in [7, 11) is -3.92.